The molecule has 1 fully saturated rings. The summed E-state index contributed by atoms with van der Waals surface area (Å²) in [6.45, 7) is 3.75. The van der Waals surface area contributed by atoms with E-state index in [4.69, 9.17) is 5.73 Å². The highest BCUT2D eigenvalue weighted by atomic mass is 127. The van der Waals surface area contributed by atoms with E-state index in [1.165, 1.54) is 0 Å². The van der Waals surface area contributed by atoms with Gasteiger partial charge in [-0.3, -0.25) is 4.68 Å². The number of aromatic nitrogens is 4. The summed E-state index contributed by atoms with van der Waals surface area (Å²) in [6, 6.07) is 12.0. The molecule has 4 rings (SSSR count). The Morgan fingerprint density at radius 1 is 1.03 bits per heavy atom. The smallest absolute Gasteiger partial charge is 0.225 e. The Hall–Kier alpha value is -2.69. The van der Waals surface area contributed by atoms with Gasteiger partial charge in [0.15, 0.2) is 5.96 Å². The third-order valence-corrected chi connectivity index (χ3v) is 4.80. The molecule has 1 aliphatic heterocycles. The van der Waals surface area contributed by atoms with Crippen molar-refractivity contribution in [2.75, 3.05) is 31.1 Å². The summed E-state index contributed by atoms with van der Waals surface area (Å²) in [6.07, 6.45) is 5.54. The number of guanidine groups is 1. The van der Waals surface area contributed by atoms with E-state index in [0.29, 0.717) is 12.5 Å². The summed E-state index contributed by atoms with van der Waals surface area (Å²) in [5.41, 5.74) is 9.37. The van der Waals surface area contributed by atoms with E-state index in [0.717, 1.165) is 48.9 Å². The molecule has 2 aromatic heterocycles. The van der Waals surface area contributed by atoms with Crippen LogP contribution in [0.3, 0.4) is 0 Å². The van der Waals surface area contributed by atoms with Crippen LogP contribution in [-0.4, -0.2) is 56.8 Å². The summed E-state index contributed by atoms with van der Waals surface area (Å²) in [5, 5.41) is 4.59. The monoisotopic (exact) mass is 504 g/mol. The van der Waals surface area contributed by atoms with Crippen LogP contribution in [0, 0.1) is 0 Å². The fraction of sp³-hybridized carbons (Fsp3) is 0.300. The lowest BCUT2D eigenvalue weighted by molar-refractivity contribution is 0.378. The molecular weight excluding hydrogens is 479 g/mol. The highest BCUT2D eigenvalue weighted by molar-refractivity contribution is 14.0. The standard InChI is InChI=1S/C20H24N8.HI/c1-26-15-17(18(25-26)16-6-3-2-4-7-16)14-24-19(21)27-10-12-28(13-11-27)20-22-8-5-9-23-20;/h2-9,15H,10-14H2,1H3,(H2,21,24);1H. The zero-order valence-corrected chi connectivity index (χ0v) is 18.7. The molecule has 2 N–H and O–H groups in total. The molecule has 0 unspecified atom stereocenters. The zero-order valence-electron chi connectivity index (χ0n) is 16.3. The Morgan fingerprint density at radius 3 is 2.41 bits per heavy atom. The lowest BCUT2D eigenvalue weighted by atomic mass is 10.1. The van der Waals surface area contributed by atoms with Gasteiger partial charge in [-0.2, -0.15) is 5.10 Å². The molecule has 1 aromatic carbocycles. The van der Waals surface area contributed by atoms with Crippen molar-refractivity contribution in [2.45, 2.75) is 6.54 Å². The first-order valence-electron chi connectivity index (χ1n) is 9.35. The lowest BCUT2D eigenvalue weighted by Gasteiger charge is -2.35. The van der Waals surface area contributed by atoms with Crippen molar-refractivity contribution in [1.82, 2.24) is 24.6 Å². The minimum absolute atomic E-state index is 0. The Labute approximate surface area is 187 Å². The maximum atomic E-state index is 6.27. The molecule has 3 aromatic rings. The lowest BCUT2D eigenvalue weighted by Crippen LogP contribution is -2.51. The molecule has 3 heterocycles. The average molecular weight is 504 g/mol. The van der Waals surface area contributed by atoms with Crippen LogP contribution in [0.1, 0.15) is 5.56 Å². The van der Waals surface area contributed by atoms with E-state index in [1.807, 2.05) is 42.2 Å². The fourth-order valence-corrected chi connectivity index (χ4v) is 3.35. The topological polar surface area (TPSA) is 88.5 Å². The first-order chi connectivity index (χ1) is 13.7. The third-order valence-electron chi connectivity index (χ3n) is 4.80. The first-order valence-corrected chi connectivity index (χ1v) is 9.35. The molecule has 0 spiro atoms. The zero-order chi connectivity index (χ0) is 19.3. The quantitative estimate of drug-likeness (QED) is 0.333. The van der Waals surface area contributed by atoms with Gasteiger partial charge in [0.25, 0.3) is 0 Å². The number of halogens is 1. The Morgan fingerprint density at radius 2 is 1.72 bits per heavy atom. The molecule has 0 aliphatic carbocycles. The number of aliphatic imine (C=N–C) groups is 1. The number of nitrogens with two attached hydrogens (primary N) is 1. The van der Waals surface area contributed by atoms with Gasteiger partial charge in [0, 0.05) is 62.9 Å². The van der Waals surface area contributed by atoms with Crippen molar-refractivity contribution in [3.8, 4) is 11.3 Å². The molecule has 29 heavy (non-hydrogen) atoms. The number of piperazine rings is 1. The number of hydrogen-bond acceptors (Lipinski definition) is 5. The molecule has 0 saturated carbocycles. The van der Waals surface area contributed by atoms with Gasteiger partial charge in [-0.15, -0.1) is 24.0 Å². The molecule has 0 amide bonds. The Balaban J connectivity index is 0.00000240. The van der Waals surface area contributed by atoms with Crippen LogP contribution in [0.15, 0.2) is 60.0 Å². The molecule has 1 saturated heterocycles. The normalized spacial score (nSPS) is 14.6. The van der Waals surface area contributed by atoms with E-state index in [2.05, 4.69) is 42.0 Å². The van der Waals surface area contributed by atoms with Crippen LogP contribution in [0.4, 0.5) is 5.95 Å². The number of nitrogens with zero attached hydrogens (tertiary/aromatic N) is 7. The second-order valence-corrected chi connectivity index (χ2v) is 6.74. The van der Waals surface area contributed by atoms with Crippen molar-refractivity contribution in [2.24, 2.45) is 17.8 Å². The number of hydrogen-bond donors (Lipinski definition) is 1. The molecule has 152 valence electrons. The van der Waals surface area contributed by atoms with Crippen molar-refractivity contribution in [3.05, 3.63) is 60.6 Å². The molecule has 9 heteroatoms. The highest BCUT2D eigenvalue weighted by Crippen LogP contribution is 2.22. The first kappa shape index (κ1) is 21.0. The van der Waals surface area contributed by atoms with E-state index in [-0.39, 0.29) is 24.0 Å². The molecule has 0 bridgehead atoms. The molecule has 8 nitrogen and oxygen atoms in total. The van der Waals surface area contributed by atoms with Crippen LogP contribution >= 0.6 is 24.0 Å². The van der Waals surface area contributed by atoms with Crippen molar-refractivity contribution in [3.63, 3.8) is 0 Å². The van der Waals surface area contributed by atoms with E-state index in [9.17, 15) is 0 Å². The van der Waals surface area contributed by atoms with Gasteiger partial charge in [0.2, 0.25) is 5.95 Å². The molecular formula is C20H25IN8. The third kappa shape index (κ3) is 5.03. The van der Waals surface area contributed by atoms with Crippen LogP contribution in [0.25, 0.3) is 11.3 Å². The van der Waals surface area contributed by atoms with Gasteiger partial charge in [-0.1, -0.05) is 30.3 Å². The molecule has 0 atom stereocenters. The second kappa shape index (κ2) is 9.68. The SMILES string of the molecule is Cn1cc(CN=C(N)N2CCN(c3ncccn3)CC2)c(-c2ccccc2)n1.I. The van der Waals surface area contributed by atoms with Crippen LogP contribution in [-0.2, 0) is 13.6 Å². The maximum absolute atomic E-state index is 6.27. The minimum atomic E-state index is 0. The number of benzene rings is 1. The Bertz CT molecular complexity index is 934. The largest absolute Gasteiger partial charge is 0.370 e. The van der Waals surface area contributed by atoms with Gasteiger partial charge >= 0.3 is 0 Å². The predicted molar refractivity (Wildman–Crippen MR) is 125 cm³/mol. The van der Waals surface area contributed by atoms with Gasteiger partial charge in [-0.05, 0) is 6.07 Å². The second-order valence-electron chi connectivity index (χ2n) is 6.74. The maximum Gasteiger partial charge on any atom is 0.225 e. The summed E-state index contributed by atoms with van der Waals surface area (Å²) in [5.74, 6) is 1.33. The summed E-state index contributed by atoms with van der Waals surface area (Å²) < 4.78 is 1.82. The van der Waals surface area contributed by atoms with Gasteiger partial charge in [0.05, 0.1) is 12.2 Å². The summed E-state index contributed by atoms with van der Waals surface area (Å²) in [7, 11) is 1.92. The number of aryl methyl sites for hydroxylation is 1. The average Bonchev–Trinajstić information content (AvgIpc) is 3.14. The number of anilines is 1. The van der Waals surface area contributed by atoms with Crippen LogP contribution in [0.5, 0.6) is 0 Å². The predicted octanol–water partition coefficient (Wildman–Crippen LogP) is 2.13. The van der Waals surface area contributed by atoms with Crippen LogP contribution in [0.2, 0.25) is 0 Å². The van der Waals surface area contributed by atoms with Crippen molar-refractivity contribution >= 4 is 35.9 Å². The van der Waals surface area contributed by atoms with Crippen molar-refractivity contribution in [1.29, 1.82) is 0 Å². The fourth-order valence-electron chi connectivity index (χ4n) is 3.35. The summed E-state index contributed by atoms with van der Waals surface area (Å²) in [4.78, 5) is 17.5. The minimum Gasteiger partial charge on any atom is -0.370 e. The van der Waals surface area contributed by atoms with E-state index in [1.54, 1.807) is 12.4 Å². The highest BCUT2D eigenvalue weighted by Gasteiger charge is 2.20. The molecule has 0 radical (unpaired) electrons. The number of rotatable bonds is 4. The molecule has 1 aliphatic rings. The van der Waals surface area contributed by atoms with E-state index < -0.39 is 0 Å². The van der Waals surface area contributed by atoms with Gasteiger partial charge in [-0.25, -0.2) is 15.0 Å². The van der Waals surface area contributed by atoms with Crippen molar-refractivity contribution < 1.29 is 0 Å². The van der Waals surface area contributed by atoms with E-state index >= 15 is 0 Å². The summed E-state index contributed by atoms with van der Waals surface area (Å²) >= 11 is 0. The Kier molecular flexibility index (Phi) is 7.02. The van der Waals surface area contributed by atoms with Crippen LogP contribution < -0.4 is 10.6 Å². The van der Waals surface area contributed by atoms with Gasteiger partial charge in [0.1, 0.15) is 0 Å². The van der Waals surface area contributed by atoms with Gasteiger partial charge < -0.3 is 15.5 Å².